The van der Waals surface area contributed by atoms with Crippen molar-refractivity contribution in [3.63, 3.8) is 0 Å². The molecule has 2 unspecified atom stereocenters. The molecule has 0 aromatic heterocycles. The number of piperidine rings is 1. The maximum absolute atomic E-state index is 12.9. The normalized spacial score (nSPS) is 23.9. The SMILES string of the molecule is O=C(OCc1ccccc1)N1C2C=C(c3cccc(C4OCCO4)c3)CC1CCC2. The van der Waals surface area contributed by atoms with Gasteiger partial charge >= 0.3 is 6.09 Å². The van der Waals surface area contributed by atoms with Gasteiger partial charge in [0.25, 0.3) is 0 Å². The number of ether oxygens (including phenoxy) is 3. The number of nitrogens with zero attached hydrogens (tertiary/aromatic N) is 1. The molecule has 0 saturated carbocycles. The third-order valence-electron chi connectivity index (χ3n) is 6.20. The van der Waals surface area contributed by atoms with E-state index in [1.807, 2.05) is 35.2 Å². The molecule has 0 spiro atoms. The lowest BCUT2D eigenvalue weighted by molar-refractivity contribution is -0.0441. The van der Waals surface area contributed by atoms with Crippen LogP contribution in [0.25, 0.3) is 5.57 Å². The Hall–Kier alpha value is -2.63. The summed E-state index contributed by atoms with van der Waals surface area (Å²) in [6.07, 6.45) is 5.79. The minimum atomic E-state index is -0.266. The van der Waals surface area contributed by atoms with Crippen molar-refractivity contribution in [2.45, 2.75) is 50.7 Å². The molecule has 5 nitrogen and oxygen atoms in total. The number of amides is 1. The second kappa shape index (κ2) is 8.62. The molecule has 0 N–H and O–H groups in total. The number of benzene rings is 2. The predicted molar refractivity (Wildman–Crippen MR) is 114 cm³/mol. The van der Waals surface area contributed by atoms with Crippen molar-refractivity contribution >= 4 is 11.7 Å². The highest BCUT2D eigenvalue weighted by Crippen LogP contribution is 2.38. The molecule has 5 rings (SSSR count). The molecule has 0 aliphatic carbocycles. The number of hydrogen-bond acceptors (Lipinski definition) is 4. The van der Waals surface area contributed by atoms with Gasteiger partial charge in [-0.3, -0.25) is 4.90 Å². The highest BCUT2D eigenvalue weighted by molar-refractivity contribution is 5.74. The molecular weight excluding hydrogens is 378 g/mol. The molecule has 5 heteroatoms. The third-order valence-corrected chi connectivity index (χ3v) is 6.20. The van der Waals surface area contributed by atoms with Gasteiger partial charge < -0.3 is 14.2 Å². The number of rotatable bonds is 4. The predicted octanol–water partition coefficient (Wildman–Crippen LogP) is 5.08. The van der Waals surface area contributed by atoms with E-state index >= 15 is 0 Å². The van der Waals surface area contributed by atoms with Crippen molar-refractivity contribution in [3.05, 3.63) is 77.4 Å². The van der Waals surface area contributed by atoms with E-state index in [1.165, 1.54) is 11.1 Å². The summed E-state index contributed by atoms with van der Waals surface area (Å²) in [6, 6.07) is 18.6. The van der Waals surface area contributed by atoms with Crippen LogP contribution in [0.2, 0.25) is 0 Å². The lowest BCUT2D eigenvalue weighted by Crippen LogP contribution is -2.51. The summed E-state index contributed by atoms with van der Waals surface area (Å²) in [5.41, 5.74) is 4.57. The average molecular weight is 405 g/mol. The number of hydrogen-bond donors (Lipinski definition) is 0. The zero-order valence-corrected chi connectivity index (χ0v) is 17.0. The Morgan fingerprint density at radius 3 is 2.67 bits per heavy atom. The summed E-state index contributed by atoms with van der Waals surface area (Å²) >= 11 is 0. The van der Waals surface area contributed by atoms with Gasteiger partial charge in [-0.2, -0.15) is 0 Å². The van der Waals surface area contributed by atoms with E-state index in [0.717, 1.165) is 36.8 Å². The molecule has 156 valence electrons. The number of fused-ring (bicyclic) bond motifs is 2. The smallest absolute Gasteiger partial charge is 0.410 e. The van der Waals surface area contributed by atoms with Gasteiger partial charge in [0.1, 0.15) is 6.61 Å². The van der Waals surface area contributed by atoms with Crippen LogP contribution in [0.5, 0.6) is 0 Å². The van der Waals surface area contributed by atoms with Crippen molar-refractivity contribution in [1.82, 2.24) is 4.90 Å². The summed E-state index contributed by atoms with van der Waals surface area (Å²) in [5, 5.41) is 0. The lowest BCUT2D eigenvalue weighted by atomic mass is 9.83. The summed E-state index contributed by atoms with van der Waals surface area (Å²) in [6.45, 7) is 1.60. The van der Waals surface area contributed by atoms with Crippen LogP contribution in [0.15, 0.2) is 60.7 Å². The van der Waals surface area contributed by atoms with E-state index in [9.17, 15) is 4.79 Å². The van der Waals surface area contributed by atoms with Crippen LogP contribution in [0, 0.1) is 0 Å². The minimum Gasteiger partial charge on any atom is -0.445 e. The van der Waals surface area contributed by atoms with Crippen LogP contribution in [0.4, 0.5) is 4.79 Å². The van der Waals surface area contributed by atoms with Crippen molar-refractivity contribution in [1.29, 1.82) is 0 Å². The average Bonchev–Trinajstić information content (AvgIpc) is 3.32. The van der Waals surface area contributed by atoms with Gasteiger partial charge in [0.05, 0.1) is 19.3 Å². The summed E-state index contributed by atoms with van der Waals surface area (Å²) in [5.74, 6) is 0. The molecule has 2 aromatic carbocycles. The van der Waals surface area contributed by atoms with E-state index in [-0.39, 0.29) is 24.5 Å². The van der Waals surface area contributed by atoms with E-state index in [1.54, 1.807) is 0 Å². The highest BCUT2D eigenvalue weighted by atomic mass is 16.7. The first-order valence-electron chi connectivity index (χ1n) is 10.8. The van der Waals surface area contributed by atoms with Crippen molar-refractivity contribution in [2.24, 2.45) is 0 Å². The lowest BCUT2D eigenvalue weighted by Gasteiger charge is -2.44. The fraction of sp³-hybridized carbons (Fsp3) is 0.400. The molecule has 2 fully saturated rings. The second-order valence-corrected chi connectivity index (χ2v) is 8.19. The van der Waals surface area contributed by atoms with Crippen LogP contribution in [0.3, 0.4) is 0 Å². The van der Waals surface area contributed by atoms with Crippen LogP contribution in [-0.2, 0) is 20.8 Å². The van der Waals surface area contributed by atoms with Gasteiger partial charge in [-0.15, -0.1) is 0 Å². The van der Waals surface area contributed by atoms with E-state index in [2.05, 4.69) is 30.3 Å². The molecule has 30 heavy (non-hydrogen) atoms. The first-order valence-corrected chi connectivity index (χ1v) is 10.8. The van der Waals surface area contributed by atoms with E-state index in [0.29, 0.717) is 19.8 Å². The van der Waals surface area contributed by atoms with Gasteiger partial charge in [-0.1, -0.05) is 54.6 Å². The Bertz CT molecular complexity index is 920. The van der Waals surface area contributed by atoms with Crippen LogP contribution >= 0.6 is 0 Å². The fourth-order valence-corrected chi connectivity index (χ4v) is 4.76. The summed E-state index contributed by atoms with van der Waals surface area (Å²) < 4.78 is 17.0. The third kappa shape index (κ3) is 4.00. The summed E-state index contributed by atoms with van der Waals surface area (Å²) in [4.78, 5) is 14.9. The standard InChI is InChI=1S/C25H27NO4/c27-25(30-17-18-6-2-1-3-7-18)26-22-10-5-11-23(26)16-21(15-22)19-8-4-9-20(14-19)24-28-12-13-29-24/h1-4,6-9,14-15,22-24H,5,10-13,16-17H2. The minimum absolute atomic E-state index is 0.0958. The van der Waals surface area contributed by atoms with Gasteiger partial charge in [0, 0.05) is 11.6 Å². The highest BCUT2D eigenvalue weighted by Gasteiger charge is 2.38. The van der Waals surface area contributed by atoms with E-state index < -0.39 is 0 Å². The quantitative estimate of drug-likeness (QED) is 0.712. The molecule has 2 bridgehead atoms. The molecule has 3 aliphatic rings. The molecule has 2 atom stereocenters. The number of carbonyl (C=O) groups excluding carboxylic acids is 1. The molecule has 0 radical (unpaired) electrons. The largest absolute Gasteiger partial charge is 0.445 e. The Labute approximate surface area is 177 Å². The molecule has 2 aromatic rings. The topological polar surface area (TPSA) is 48.0 Å². The number of carbonyl (C=O) groups is 1. The molecule has 1 amide bonds. The van der Waals surface area contributed by atoms with Crippen molar-refractivity contribution in [2.75, 3.05) is 13.2 Å². The zero-order valence-electron chi connectivity index (χ0n) is 17.0. The Balaban J connectivity index is 1.32. The first kappa shape index (κ1) is 19.3. The Kier molecular flexibility index (Phi) is 5.56. The van der Waals surface area contributed by atoms with Gasteiger partial charge in [-0.05, 0) is 48.4 Å². The van der Waals surface area contributed by atoms with Crippen LogP contribution in [-0.4, -0.2) is 36.3 Å². The van der Waals surface area contributed by atoms with Crippen LogP contribution < -0.4 is 0 Å². The van der Waals surface area contributed by atoms with Crippen molar-refractivity contribution < 1.29 is 19.0 Å². The summed E-state index contributed by atoms with van der Waals surface area (Å²) in [7, 11) is 0. The fourth-order valence-electron chi connectivity index (χ4n) is 4.76. The maximum Gasteiger partial charge on any atom is 0.410 e. The molecule has 2 saturated heterocycles. The van der Waals surface area contributed by atoms with E-state index in [4.69, 9.17) is 14.2 Å². The maximum atomic E-state index is 12.9. The second-order valence-electron chi connectivity index (χ2n) is 8.19. The molecular formula is C25H27NO4. The van der Waals surface area contributed by atoms with Gasteiger partial charge in [-0.25, -0.2) is 4.79 Å². The Morgan fingerprint density at radius 1 is 1.03 bits per heavy atom. The van der Waals surface area contributed by atoms with Crippen molar-refractivity contribution in [3.8, 4) is 0 Å². The van der Waals surface area contributed by atoms with Crippen LogP contribution in [0.1, 0.15) is 48.7 Å². The molecule has 3 aliphatic heterocycles. The zero-order chi connectivity index (χ0) is 20.3. The Morgan fingerprint density at radius 2 is 1.87 bits per heavy atom. The van der Waals surface area contributed by atoms with Gasteiger partial charge in [0.15, 0.2) is 6.29 Å². The first-order chi connectivity index (χ1) is 14.8. The molecule has 3 heterocycles. The monoisotopic (exact) mass is 405 g/mol. The van der Waals surface area contributed by atoms with Gasteiger partial charge in [0.2, 0.25) is 0 Å².